The Balaban J connectivity index is 2.23. The fourth-order valence-electron chi connectivity index (χ4n) is 1.62. The van der Waals surface area contributed by atoms with Crippen LogP contribution in [0.5, 0.6) is 0 Å². The van der Waals surface area contributed by atoms with Crippen LogP contribution in [0.15, 0.2) is 45.3 Å². The number of anilines is 1. The Morgan fingerprint density at radius 2 is 1.76 bits per heavy atom. The van der Waals surface area contributed by atoms with Crippen LogP contribution in [0.25, 0.3) is 0 Å². The van der Waals surface area contributed by atoms with Crippen LogP contribution >= 0.6 is 43.5 Å². The van der Waals surface area contributed by atoms with Crippen molar-refractivity contribution in [1.82, 2.24) is 0 Å². The maximum Gasteiger partial charge on any atom is 0.288 e. The Morgan fingerprint density at radius 3 is 2.29 bits per heavy atom. The first-order valence-electron chi connectivity index (χ1n) is 5.58. The van der Waals surface area contributed by atoms with Gasteiger partial charge in [-0.15, -0.1) is 0 Å². The summed E-state index contributed by atoms with van der Waals surface area (Å²) in [5.41, 5.74) is 0.609. The Hall–Kier alpha value is -1.44. The molecule has 0 aliphatic carbocycles. The first-order valence-corrected chi connectivity index (χ1v) is 7.54. The SMILES string of the molecule is O=C(Nc1ccc([N+](=O)[O-])c(Cl)c1)c1cc(Br)cc(Br)c1. The molecule has 0 saturated heterocycles. The molecule has 0 radical (unpaired) electrons. The number of carbonyl (C=O) groups is 1. The van der Waals surface area contributed by atoms with Gasteiger partial charge in [0.05, 0.1) is 4.92 Å². The highest BCUT2D eigenvalue weighted by atomic mass is 79.9. The van der Waals surface area contributed by atoms with Gasteiger partial charge < -0.3 is 5.32 Å². The maximum absolute atomic E-state index is 12.1. The molecular formula is C13H7Br2ClN2O3. The van der Waals surface area contributed by atoms with Gasteiger partial charge in [0.2, 0.25) is 0 Å². The molecule has 0 aliphatic heterocycles. The smallest absolute Gasteiger partial charge is 0.288 e. The van der Waals surface area contributed by atoms with Crippen LogP contribution in [0.3, 0.4) is 0 Å². The predicted octanol–water partition coefficient (Wildman–Crippen LogP) is 5.03. The third-order valence-electron chi connectivity index (χ3n) is 2.53. The number of nitrogens with one attached hydrogen (secondary N) is 1. The van der Waals surface area contributed by atoms with E-state index in [9.17, 15) is 14.9 Å². The quantitative estimate of drug-likeness (QED) is 0.544. The van der Waals surface area contributed by atoms with E-state index in [-0.39, 0.29) is 16.6 Å². The molecule has 0 atom stereocenters. The molecule has 0 heterocycles. The van der Waals surface area contributed by atoms with Gasteiger partial charge in [0.25, 0.3) is 11.6 Å². The number of halogens is 3. The molecule has 21 heavy (non-hydrogen) atoms. The Kier molecular flexibility index (Phi) is 4.97. The van der Waals surface area contributed by atoms with Gasteiger partial charge in [-0.25, -0.2) is 0 Å². The topological polar surface area (TPSA) is 72.2 Å². The summed E-state index contributed by atoms with van der Waals surface area (Å²) in [6.45, 7) is 0. The summed E-state index contributed by atoms with van der Waals surface area (Å²) in [5.74, 6) is -0.345. The second-order valence-electron chi connectivity index (χ2n) is 4.04. The lowest BCUT2D eigenvalue weighted by molar-refractivity contribution is -0.384. The maximum atomic E-state index is 12.1. The van der Waals surface area contributed by atoms with E-state index in [0.29, 0.717) is 11.3 Å². The number of rotatable bonds is 3. The lowest BCUT2D eigenvalue weighted by Gasteiger charge is -2.07. The molecule has 2 aromatic rings. The van der Waals surface area contributed by atoms with Crippen LogP contribution in [-0.4, -0.2) is 10.8 Å². The summed E-state index contributed by atoms with van der Waals surface area (Å²) in [6.07, 6.45) is 0. The Bertz CT molecular complexity index is 717. The summed E-state index contributed by atoms with van der Waals surface area (Å²) in [5, 5.41) is 13.3. The van der Waals surface area contributed by atoms with Gasteiger partial charge in [-0.1, -0.05) is 43.5 Å². The molecule has 5 nitrogen and oxygen atoms in total. The van der Waals surface area contributed by atoms with Crippen molar-refractivity contribution in [3.8, 4) is 0 Å². The normalized spacial score (nSPS) is 10.2. The van der Waals surface area contributed by atoms with Crippen LogP contribution < -0.4 is 5.32 Å². The molecule has 8 heteroatoms. The summed E-state index contributed by atoms with van der Waals surface area (Å²) in [6, 6.07) is 9.13. The summed E-state index contributed by atoms with van der Waals surface area (Å²) in [7, 11) is 0. The van der Waals surface area contributed by atoms with Crippen LogP contribution in [0.4, 0.5) is 11.4 Å². The molecular weight excluding hydrogens is 427 g/mol. The van der Waals surface area contributed by atoms with Crippen molar-refractivity contribution in [2.45, 2.75) is 0 Å². The monoisotopic (exact) mass is 432 g/mol. The second-order valence-corrected chi connectivity index (χ2v) is 6.27. The Labute approximate surface area is 141 Å². The van der Waals surface area contributed by atoms with Gasteiger partial charge in [-0.2, -0.15) is 0 Å². The predicted molar refractivity (Wildman–Crippen MR) is 87.9 cm³/mol. The molecule has 108 valence electrons. The van der Waals surface area contributed by atoms with Gasteiger partial charge in [0, 0.05) is 26.3 Å². The standard InChI is InChI=1S/C13H7Br2ClN2O3/c14-8-3-7(4-9(15)5-8)13(19)17-10-1-2-12(18(20)21)11(16)6-10/h1-6H,(H,17,19). The second kappa shape index (κ2) is 6.55. The molecule has 0 aromatic heterocycles. The molecule has 0 bridgehead atoms. The highest BCUT2D eigenvalue weighted by molar-refractivity contribution is 9.11. The van der Waals surface area contributed by atoms with Crippen molar-refractivity contribution >= 4 is 60.7 Å². The average molecular weight is 434 g/mol. The summed E-state index contributed by atoms with van der Waals surface area (Å²) < 4.78 is 1.51. The first kappa shape index (κ1) is 15.9. The molecule has 2 aromatic carbocycles. The Morgan fingerprint density at radius 1 is 1.14 bits per heavy atom. The number of nitrogens with zero attached hydrogens (tertiary/aromatic N) is 1. The van der Waals surface area contributed by atoms with E-state index in [0.717, 1.165) is 8.95 Å². The average Bonchev–Trinajstić information content (AvgIpc) is 2.37. The van der Waals surface area contributed by atoms with Gasteiger partial charge in [0.1, 0.15) is 5.02 Å². The number of nitro benzene ring substituents is 1. The molecule has 0 spiro atoms. The van der Waals surface area contributed by atoms with Crippen molar-refractivity contribution in [1.29, 1.82) is 0 Å². The first-order chi connectivity index (χ1) is 9.86. The van der Waals surface area contributed by atoms with Gasteiger partial charge in [0.15, 0.2) is 0 Å². The van der Waals surface area contributed by atoms with Crippen molar-refractivity contribution in [3.63, 3.8) is 0 Å². The molecule has 0 aliphatic rings. The highest BCUT2D eigenvalue weighted by Crippen LogP contribution is 2.28. The van der Waals surface area contributed by atoms with Gasteiger partial charge in [-0.3, -0.25) is 14.9 Å². The zero-order valence-electron chi connectivity index (χ0n) is 10.3. The van der Waals surface area contributed by atoms with Crippen molar-refractivity contribution in [2.24, 2.45) is 0 Å². The van der Waals surface area contributed by atoms with E-state index in [4.69, 9.17) is 11.6 Å². The largest absolute Gasteiger partial charge is 0.322 e. The molecule has 1 N–H and O–H groups in total. The van der Waals surface area contributed by atoms with Crippen molar-refractivity contribution in [3.05, 3.63) is 66.0 Å². The fraction of sp³-hybridized carbons (Fsp3) is 0. The fourth-order valence-corrected chi connectivity index (χ4v) is 3.16. The number of hydrogen-bond acceptors (Lipinski definition) is 3. The minimum absolute atomic E-state index is 0.0341. The lowest BCUT2D eigenvalue weighted by Crippen LogP contribution is -2.12. The molecule has 0 fully saturated rings. The van der Waals surface area contributed by atoms with Crippen molar-refractivity contribution < 1.29 is 9.72 Å². The number of hydrogen-bond donors (Lipinski definition) is 1. The lowest BCUT2D eigenvalue weighted by atomic mass is 10.2. The highest BCUT2D eigenvalue weighted by Gasteiger charge is 2.14. The van der Waals surface area contributed by atoms with Gasteiger partial charge >= 0.3 is 0 Å². The zero-order valence-corrected chi connectivity index (χ0v) is 14.2. The molecule has 1 amide bonds. The molecule has 2 rings (SSSR count). The van der Waals surface area contributed by atoms with E-state index in [1.807, 2.05) is 0 Å². The van der Waals surface area contributed by atoms with E-state index in [1.54, 1.807) is 18.2 Å². The van der Waals surface area contributed by atoms with E-state index in [2.05, 4.69) is 37.2 Å². The van der Waals surface area contributed by atoms with E-state index in [1.165, 1.54) is 18.2 Å². The van der Waals surface area contributed by atoms with Crippen LogP contribution in [0.2, 0.25) is 5.02 Å². The summed E-state index contributed by atoms with van der Waals surface area (Å²) in [4.78, 5) is 22.2. The molecule has 0 saturated carbocycles. The third-order valence-corrected chi connectivity index (χ3v) is 3.75. The minimum atomic E-state index is -0.584. The molecule has 0 unspecified atom stereocenters. The van der Waals surface area contributed by atoms with Crippen LogP contribution in [-0.2, 0) is 0 Å². The van der Waals surface area contributed by atoms with Crippen LogP contribution in [0, 0.1) is 10.1 Å². The number of nitro groups is 1. The summed E-state index contributed by atoms with van der Waals surface area (Å²) >= 11 is 12.4. The minimum Gasteiger partial charge on any atom is -0.322 e. The number of amides is 1. The van der Waals surface area contributed by atoms with E-state index >= 15 is 0 Å². The zero-order chi connectivity index (χ0) is 15.6. The number of carbonyl (C=O) groups excluding carboxylic acids is 1. The van der Waals surface area contributed by atoms with E-state index < -0.39 is 4.92 Å². The van der Waals surface area contributed by atoms with Gasteiger partial charge in [-0.05, 0) is 30.3 Å². The third kappa shape index (κ3) is 4.03. The van der Waals surface area contributed by atoms with Crippen LogP contribution in [0.1, 0.15) is 10.4 Å². The number of benzene rings is 2. The van der Waals surface area contributed by atoms with Crippen molar-refractivity contribution in [2.75, 3.05) is 5.32 Å².